The van der Waals surface area contributed by atoms with Crippen LogP contribution in [0.2, 0.25) is 0 Å². The fourth-order valence-corrected chi connectivity index (χ4v) is 4.02. The molecule has 2 aliphatic carbocycles. The first-order valence-corrected chi connectivity index (χ1v) is 10.3. The molecule has 0 amide bonds. The Morgan fingerprint density at radius 3 is 2.72 bits per heavy atom. The van der Waals surface area contributed by atoms with Gasteiger partial charge in [0, 0.05) is 30.2 Å². The summed E-state index contributed by atoms with van der Waals surface area (Å²) in [6.07, 6.45) is 5.70. The van der Waals surface area contributed by atoms with Crippen molar-refractivity contribution in [2.75, 3.05) is 25.0 Å². The number of carboxylic acid groups (broad SMARTS) is 1. The molecule has 1 aromatic heterocycles. The van der Waals surface area contributed by atoms with Gasteiger partial charge in [0.25, 0.3) is 0 Å². The highest BCUT2D eigenvalue weighted by Gasteiger charge is 2.37. The van der Waals surface area contributed by atoms with Crippen molar-refractivity contribution in [3.8, 4) is 0 Å². The highest BCUT2D eigenvalue weighted by atomic mass is 16.5. The molecule has 154 valence electrons. The lowest BCUT2D eigenvalue weighted by molar-refractivity contribution is -0.139. The molecule has 7 heteroatoms. The number of pyridine rings is 1. The minimum absolute atomic E-state index is 0.0974. The molecule has 2 aliphatic rings. The third kappa shape index (κ3) is 4.50. The first kappa shape index (κ1) is 19.6. The maximum atomic E-state index is 12.4. The second kappa shape index (κ2) is 8.37. The Bertz CT molecular complexity index is 906. The van der Waals surface area contributed by atoms with Crippen LogP contribution in [0.5, 0.6) is 0 Å². The maximum Gasteiger partial charge on any atom is 0.341 e. The molecule has 2 fully saturated rings. The molecule has 1 aromatic carbocycles. The molecular weight excluding hydrogens is 370 g/mol. The second-order valence-corrected chi connectivity index (χ2v) is 8.02. The second-order valence-electron chi connectivity index (χ2n) is 8.02. The average molecular weight is 397 g/mol. The number of nitrogens with zero attached hydrogens (tertiary/aromatic N) is 2. The van der Waals surface area contributed by atoms with Crippen LogP contribution in [0.3, 0.4) is 0 Å². The largest absolute Gasteiger partial charge is 0.480 e. The summed E-state index contributed by atoms with van der Waals surface area (Å²) >= 11 is 0. The molecule has 2 N–H and O–H groups in total. The van der Waals surface area contributed by atoms with Gasteiger partial charge in [0.15, 0.2) is 0 Å². The quantitative estimate of drug-likeness (QED) is 0.628. The van der Waals surface area contributed by atoms with Gasteiger partial charge in [0.2, 0.25) is 0 Å². The van der Waals surface area contributed by atoms with Gasteiger partial charge in [-0.25, -0.2) is 4.79 Å². The molecule has 2 saturated carbocycles. The van der Waals surface area contributed by atoms with Gasteiger partial charge in [0.05, 0.1) is 24.4 Å². The smallest absolute Gasteiger partial charge is 0.341 e. The van der Waals surface area contributed by atoms with E-state index < -0.39 is 5.97 Å². The number of hydrogen-bond acceptors (Lipinski definition) is 6. The summed E-state index contributed by atoms with van der Waals surface area (Å²) in [5.74, 6) is -0.502. The fraction of sp³-hybridized carbons (Fsp3) is 0.500. The van der Waals surface area contributed by atoms with Crippen molar-refractivity contribution in [1.82, 2.24) is 9.88 Å². The van der Waals surface area contributed by atoms with E-state index in [2.05, 4.69) is 15.2 Å². The van der Waals surface area contributed by atoms with Crippen LogP contribution in [0.4, 0.5) is 5.69 Å². The van der Waals surface area contributed by atoms with Gasteiger partial charge in [-0.2, -0.15) is 0 Å². The Hall–Kier alpha value is -2.67. The van der Waals surface area contributed by atoms with Crippen LogP contribution in [0.15, 0.2) is 30.5 Å². The van der Waals surface area contributed by atoms with E-state index in [0.29, 0.717) is 18.1 Å². The van der Waals surface area contributed by atoms with Crippen molar-refractivity contribution in [3.63, 3.8) is 0 Å². The maximum absolute atomic E-state index is 12.4. The normalized spacial score (nSPS) is 21.0. The molecule has 0 saturated heterocycles. The number of hydrogen-bond donors (Lipinski definition) is 2. The van der Waals surface area contributed by atoms with E-state index in [4.69, 9.17) is 4.74 Å². The Labute approximate surface area is 170 Å². The monoisotopic (exact) mass is 397 g/mol. The number of ether oxygens (including phenoxy) is 1. The summed E-state index contributed by atoms with van der Waals surface area (Å²) in [5.41, 5.74) is 2.01. The highest BCUT2D eigenvalue weighted by molar-refractivity contribution is 6.05. The minimum Gasteiger partial charge on any atom is -0.480 e. The van der Waals surface area contributed by atoms with Crippen molar-refractivity contribution < 1.29 is 19.4 Å². The van der Waals surface area contributed by atoms with Crippen LogP contribution < -0.4 is 5.32 Å². The van der Waals surface area contributed by atoms with Gasteiger partial charge < -0.3 is 15.2 Å². The third-order valence-electron chi connectivity index (χ3n) is 5.78. The Kier molecular flexibility index (Phi) is 5.67. The zero-order valence-corrected chi connectivity index (χ0v) is 16.6. The first-order valence-electron chi connectivity index (χ1n) is 10.3. The molecule has 0 atom stereocenters. The van der Waals surface area contributed by atoms with Crippen molar-refractivity contribution in [2.45, 2.75) is 44.7 Å². The summed E-state index contributed by atoms with van der Waals surface area (Å²) in [4.78, 5) is 30.2. The molecule has 0 bridgehead atoms. The van der Waals surface area contributed by atoms with E-state index in [-0.39, 0.29) is 24.6 Å². The number of rotatable bonds is 9. The van der Waals surface area contributed by atoms with Crippen LogP contribution in [0.1, 0.15) is 43.0 Å². The molecule has 0 unspecified atom stereocenters. The molecule has 1 heterocycles. The zero-order valence-electron chi connectivity index (χ0n) is 16.6. The predicted octanol–water partition coefficient (Wildman–Crippen LogP) is 3.15. The minimum atomic E-state index is -0.771. The summed E-state index contributed by atoms with van der Waals surface area (Å²) < 4.78 is 5.21. The van der Waals surface area contributed by atoms with Gasteiger partial charge in [-0.1, -0.05) is 18.2 Å². The molecule has 0 aliphatic heterocycles. The molecular formula is C22H27N3O4. The molecule has 7 nitrogen and oxygen atoms in total. The Morgan fingerprint density at radius 1 is 1.28 bits per heavy atom. The number of carboxylic acids is 1. The van der Waals surface area contributed by atoms with Crippen molar-refractivity contribution in [2.24, 2.45) is 5.92 Å². The predicted molar refractivity (Wildman–Crippen MR) is 110 cm³/mol. The number of carbonyl (C=O) groups is 2. The van der Waals surface area contributed by atoms with Crippen LogP contribution in [-0.2, 0) is 9.53 Å². The number of esters is 1. The van der Waals surface area contributed by atoms with Gasteiger partial charge in [-0.05, 0) is 44.6 Å². The lowest BCUT2D eigenvalue weighted by atomic mass is 9.84. The number of nitrogens with one attached hydrogen (secondary N) is 1. The van der Waals surface area contributed by atoms with Gasteiger partial charge >= 0.3 is 11.9 Å². The van der Waals surface area contributed by atoms with Crippen LogP contribution in [0, 0.1) is 5.92 Å². The van der Waals surface area contributed by atoms with E-state index in [1.807, 2.05) is 24.3 Å². The number of anilines is 1. The summed E-state index contributed by atoms with van der Waals surface area (Å²) in [6.45, 7) is 3.06. The van der Waals surface area contributed by atoms with Crippen molar-refractivity contribution in [3.05, 3.63) is 36.0 Å². The number of aliphatic carboxylic acids is 1. The Morgan fingerprint density at radius 2 is 2.03 bits per heavy atom. The molecule has 29 heavy (non-hydrogen) atoms. The van der Waals surface area contributed by atoms with Crippen molar-refractivity contribution in [1.29, 1.82) is 0 Å². The van der Waals surface area contributed by atoms with E-state index in [0.717, 1.165) is 36.0 Å². The molecule has 0 radical (unpaired) electrons. The number of aromatic nitrogens is 1. The topological polar surface area (TPSA) is 91.8 Å². The summed E-state index contributed by atoms with van der Waals surface area (Å²) in [6, 6.07) is 8.18. The zero-order chi connectivity index (χ0) is 20.4. The SMILES string of the molecule is CCOC(=O)c1cnc2ccccc2c1NC1CC(N(CC(=O)O)CC2CC2)C1. The first-order chi connectivity index (χ1) is 14.0. The number of fused-ring (bicyclic) bond motifs is 1. The molecule has 2 aromatic rings. The van der Waals surface area contributed by atoms with Gasteiger partial charge in [-0.3, -0.25) is 14.7 Å². The summed E-state index contributed by atoms with van der Waals surface area (Å²) in [5, 5.41) is 13.6. The number of carbonyl (C=O) groups excluding carboxylic acids is 1. The molecule has 4 rings (SSSR count). The van der Waals surface area contributed by atoms with Gasteiger partial charge in [0.1, 0.15) is 5.56 Å². The Balaban J connectivity index is 1.50. The van der Waals surface area contributed by atoms with E-state index >= 15 is 0 Å². The highest BCUT2D eigenvalue weighted by Crippen LogP contribution is 2.36. The number of benzene rings is 1. The van der Waals surface area contributed by atoms with Crippen LogP contribution in [-0.4, -0.2) is 58.7 Å². The lowest BCUT2D eigenvalue weighted by Crippen LogP contribution is -2.52. The fourth-order valence-electron chi connectivity index (χ4n) is 4.02. The van der Waals surface area contributed by atoms with Crippen molar-refractivity contribution >= 4 is 28.5 Å². The van der Waals surface area contributed by atoms with E-state index in [1.165, 1.54) is 12.8 Å². The van der Waals surface area contributed by atoms with E-state index in [1.54, 1.807) is 13.1 Å². The summed E-state index contributed by atoms with van der Waals surface area (Å²) in [7, 11) is 0. The van der Waals surface area contributed by atoms with Gasteiger partial charge in [-0.15, -0.1) is 0 Å². The molecule has 0 spiro atoms. The lowest BCUT2D eigenvalue weighted by Gasteiger charge is -2.43. The number of para-hydroxylation sites is 1. The van der Waals surface area contributed by atoms with Crippen LogP contribution in [0.25, 0.3) is 10.9 Å². The van der Waals surface area contributed by atoms with Crippen LogP contribution >= 0.6 is 0 Å². The third-order valence-corrected chi connectivity index (χ3v) is 5.78. The standard InChI is InChI=1S/C22H27N3O4/c1-2-29-22(28)18-11-23-19-6-4-3-5-17(19)21(18)24-15-9-16(10-15)25(13-20(26)27)12-14-7-8-14/h3-6,11,14-16H,2,7-10,12-13H2,1H3,(H,23,24)(H,26,27). The average Bonchev–Trinajstić information content (AvgIpc) is 3.47. The van der Waals surface area contributed by atoms with E-state index in [9.17, 15) is 14.7 Å².